The van der Waals surface area contributed by atoms with E-state index in [1.165, 1.54) is 0 Å². The van der Waals surface area contributed by atoms with E-state index in [-0.39, 0.29) is 6.04 Å². The molecule has 0 saturated carbocycles. The van der Waals surface area contributed by atoms with Gasteiger partial charge in [0.05, 0.1) is 13.2 Å². The van der Waals surface area contributed by atoms with Gasteiger partial charge < -0.3 is 15.2 Å². The van der Waals surface area contributed by atoms with Crippen molar-refractivity contribution < 1.29 is 9.84 Å². The Morgan fingerprint density at radius 2 is 2.29 bits per heavy atom. The lowest BCUT2D eigenvalue weighted by atomic mass is 10.1. The fourth-order valence-electron chi connectivity index (χ4n) is 2.08. The van der Waals surface area contributed by atoms with Gasteiger partial charge in [0.25, 0.3) is 0 Å². The van der Waals surface area contributed by atoms with Crippen LogP contribution in [0.4, 0.5) is 0 Å². The van der Waals surface area contributed by atoms with Gasteiger partial charge in [-0.05, 0) is 25.1 Å². The van der Waals surface area contributed by atoms with E-state index in [4.69, 9.17) is 4.74 Å². The first-order valence-corrected chi connectivity index (χ1v) is 4.79. The van der Waals surface area contributed by atoms with Gasteiger partial charge in [0.2, 0.25) is 0 Å². The van der Waals surface area contributed by atoms with E-state index in [1.54, 1.807) is 7.11 Å². The van der Waals surface area contributed by atoms with E-state index in [2.05, 4.69) is 5.32 Å². The topological polar surface area (TPSA) is 41.5 Å². The van der Waals surface area contributed by atoms with Crippen molar-refractivity contribution in [2.24, 2.45) is 0 Å². The Balaban J connectivity index is 2.42. The lowest BCUT2D eigenvalue weighted by molar-refractivity contribution is 0.146. The summed E-state index contributed by atoms with van der Waals surface area (Å²) in [6.45, 7) is 0. The summed E-state index contributed by atoms with van der Waals surface area (Å²) in [6, 6.07) is 5.92. The molecule has 0 bridgehead atoms. The summed E-state index contributed by atoms with van der Waals surface area (Å²) >= 11 is 0. The number of ether oxygens (including phenoxy) is 1. The zero-order valence-electron chi connectivity index (χ0n) is 8.45. The van der Waals surface area contributed by atoms with Crippen LogP contribution in [0.15, 0.2) is 18.2 Å². The van der Waals surface area contributed by atoms with E-state index in [9.17, 15) is 5.11 Å². The summed E-state index contributed by atoms with van der Waals surface area (Å²) in [5.74, 6) is 0.874. The van der Waals surface area contributed by atoms with Crippen LogP contribution in [-0.2, 0) is 6.42 Å². The van der Waals surface area contributed by atoms with Crippen LogP contribution in [-0.4, -0.2) is 25.3 Å². The van der Waals surface area contributed by atoms with Crippen LogP contribution in [0.1, 0.15) is 17.2 Å². The van der Waals surface area contributed by atoms with Gasteiger partial charge in [-0.25, -0.2) is 0 Å². The molecule has 0 radical (unpaired) electrons. The van der Waals surface area contributed by atoms with Crippen molar-refractivity contribution in [1.82, 2.24) is 5.32 Å². The van der Waals surface area contributed by atoms with Crippen molar-refractivity contribution in [2.75, 3.05) is 14.2 Å². The molecule has 1 aliphatic carbocycles. The van der Waals surface area contributed by atoms with Crippen LogP contribution in [0.3, 0.4) is 0 Å². The van der Waals surface area contributed by atoms with Gasteiger partial charge in [-0.2, -0.15) is 0 Å². The molecule has 14 heavy (non-hydrogen) atoms. The molecule has 2 N–H and O–H groups in total. The monoisotopic (exact) mass is 193 g/mol. The molecule has 0 saturated heterocycles. The summed E-state index contributed by atoms with van der Waals surface area (Å²) in [7, 11) is 3.53. The fraction of sp³-hybridized carbons (Fsp3) is 0.455. The average molecular weight is 193 g/mol. The highest BCUT2D eigenvalue weighted by Crippen LogP contribution is 2.36. The van der Waals surface area contributed by atoms with E-state index >= 15 is 0 Å². The quantitative estimate of drug-likeness (QED) is 0.732. The smallest absolute Gasteiger partial charge is 0.122 e. The standard InChI is InChI=1S/C11H15NO2/c1-12-9-6-8-7(11(9)13)4-3-5-10(8)14-2/h3-5,9,11-13H,6H2,1-2H3. The van der Waals surface area contributed by atoms with Gasteiger partial charge in [0, 0.05) is 11.6 Å². The Morgan fingerprint density at radius 1 is 1.50 bits per heavy atom. The SMILES string of the molecule is CNC1Cc2c(OC)cccc2C1O. The first-order chi connectivity index (χ1) is 6.77. The summed E-state index contributed by atoms with van der Waals surface area (Å²) in [5.41, 5.74) is 2.12. The van der Waals surface area contributed by atoms with Crippen LogP contribution < -0.4 is 10.1 Å². The average Bonchev–Trinajstić information content (AvgIpc) is 2.55. The second-order valence-corrected chi connectivity index (χ2v) is 3.57. The van der Waals surface area contributed by atoms with Crippen molar-refractivity contribution in [3.63, 3.8) is 0 Å². The van der Waals surface area contributed by atoms with Crippen molar-refractivity contribution in [2.45, 2.75) is 18.6 Å². The zero-order valence-corrected chi connectivity index (χ0v) is 8.45. The minimum atomic E-state index is -0.412. The molecule has 3 heteroatoms. The number of methoxy groups -OCH3 is 1. The van der Waals surface area contributed by atoms with Crippen LogP contribution in [0.25, 0.3) is 0 Å². The Morgan fingerprint density at radius 3 is 2.93 bits per heavy atom. The van der Waals surface area contributed by atoms with Gasteiger partial charge in [-0.3, -0.25) is 0 Å². The van der Waals surface area contributed by atoms with Gasteiger partial charge in [0.1, 0.15) is 5.75 Å². The second-order valence-electron chi connectivity index (χ2n) is 3.57. The number of hydrogen-bond acceptors (Lipinski definition) is 3. The highest BCUT2D eigenvalue weighted by Gasteiger charge is 2.31. The molecule has 76 valence electrons. The molecular formula is C11H15NO2. The highest BCUT2D eigenvalue weighted by molar-refractivity contribution is 5.46. The van der Waals surface area contributed by atoms with Gasteiger partial charge >= 0.3 is 0 Å². The summed E-state index contributed by atoms with van der Waals surface area (Å²) in [5, 5.41) is 13.0. The van der Waals surface area contributed by atoms with Crippen molar-refractivity contribution in [3.05, 3.63) is 29.3 Å². The normalized spacial score (nSPS) is 24.8. The van der Waals surface area contributed by atoms with Crippen LogP contribution in [0, 0.1) is 0 Å². The number of likely N-dealkylation sites (N-methyl/N-ethyl adjacent to an activating group) is 1. The predicted octanol–water partition coefficient (Wildman–Crippen LogP) is 0.873. The molecule has 0 heterocycles. The highest BCUT2D eigenvalue weighted by atomic mass is 16.5. The van der Waals surface area contributed by atoms with Crippen molar-refractivity contribution in [3.8, 4) is 5.75 Å². The lowest BCUT2D eigenvalue weighted by Crippen LogP contribution is -2.29. The molecule has 1 aromatic rings. The maximum absolute atomic E-state index is 9.94. The third kappa shape index (κ3) is 1.29. The third-order valence-corrected chi connectivity index (χ3v) is 2.88. The number of fused-ring (bicyclic) bond motifs is 1. The third-order valence-electron chi connectivity index (χ3n) is 2.88. The summed E-state index contributed by atoms with van der Waals surface area (Å²) in [4.78, 5) is 0. The van der Waals surface area contributed by atoms with E-state index < -0.39 is 6.10 Å². The number of hydrogen-bond donors (Lipinski definition) is 2. The fourth-order valence-corrected chi connectivity index (χ4v) is 2.08. The summed E-state index contributed by atoms with van der Waals surface area (Å²) in [6.07, 6.45) is 0.418. The number of nitrogens with one attached hydrogen (secondary N) is 1. The first kappa shape index (κ1) is 9.49. The van der Waals surface area contributed by atoms with E-state index in [0.29, 0.717) is 0 Å². The van der Waals surface area contributed by atoms with Crippen molar-refractivity contribution in [1.29, 1.82) is 0 Å². The Hall–Kier alpha value is -1.06. The minimum Gasteiger partial charge on any atom is -0.496 e. The Bertz CT molecular complexity index is 338. The molecule has 2 rings (SSSR count). The Labute approximate surface area is 83.7 Å². The maximum Gasteiger partial charge on any atom is 0.122 e. The molecule has 0 aliphatic heterocycles. The van der Waals surface area contributed by atoms with Crippen LogP contribution in [0.5, 0.6) is 5.75 Å². The van der Waals surface area contributed by atoms with Crippen LogP contribution >= 0.6 is 0 Å². The molecule has 3 nitrogen and oxygen atoms in total. The minimum absolute atomic E-state index is 0.112. The molecule has 1 aliphatic rings. The molecule has 0 spiro atoms. The molecule has 2 unspecified atom stereocenters. The molecule has 1 aromatic carbocycles. The van der Waals surface area contributed by atoms with Crippen LogP contribution in [0.2, 0.25) is 0 Å². The molecule has 0 amide bonds. The predicted molar refractivity (Wildman–Crippen MR) is 54.5 cm³/mol. The lowest BCUT2D eigenvalue weighted by Gasteiger charge is -2.12. The van der Waals surface area contributed by atoms with Gasteiger partial charge in [0.15, 0.2) is 0 Å². The maximum atomic E-state index is 9.94. The zero-order chi connectivity index (χ0) is 10.1. The molecule has 0 fully saturated rings. The molecule has 0 aromatic heterocycles. The molecular weight excluding hydrogens is 178 g/mol. The summed E-state index contributed by atoms with van der Waals surface area (Å²) < 4.78 is 5.26. The number of benzene rings is 1. The second kappa shape index (κ2) is 3.59. The van der Waals surface area contributed by atoms with Gasteiger partial charge in [-0.15, -0.1) is 0 Å². The Kier molecular flexibility index (Phi) is 2.44. The largest absolute Gasteiger partial charge is 0.496 e. The molecule has 2 atom stereocenters. The number of aliphatic hydroxyl groups is 1. The van der Waals surface area contributed by atoms with E-state index in [1.807, 2.05) is 25.2 Å². The number of rotatable bonds is 2. The van der Waals surface area contributed by atoms with Crippen molar-refractivity contribution >= 4 is 0 Å². The van der Waals surface area contributed by atoms with Gasteiger partial charge in [-0.1, -0.05) is 12.1 Å². The first-order valence-electron chi connectivity index (χ1n) is 4.79. The number of aliphatic hydroxyl groups excluding tert-OH is 1. The van der Waals surface area contributed by atoms with E-state index in [0.717, 1.165) is 23.3 Å².